The largest absolute Gasteiger partial charge is 0.472 e. The lowest BCUT2D eigenvalue weighted by atomic mass is 10.2. The molecular weight excluding hydrogens is 332 g/mol. The van der Waals surface area contributed by atoms with Gasteiger partial charge in [-0.3, -0.25) is 9.48 Å². The molecule has 4 rings (SSSR count). The quantitative estimate of drug-likeness (QED) is 0.576. The molecule has 0 bridgehead atoms. The zero-order chi connectivity index (χ0) is 17.8. The Morgan fingerprint density at radius 3 is 2.77 bits per heavy atom. The van der Waals surface area contributed by atoms with Gasteiger partial charge in [0.15, 0.2) is 5.69 Å². The zero-order valence-corrected chi connectivity index (χ0v) is 13.8. The zero-order valence-electron chi connectivity index (χ0n) is 13.8. The molecule has 1 aromatic carbocycles. The number of aromatic nitrogens is 5. The van der Waals surface area contributed by atoms with Crippen molar-refractivity contribution in [3.8, 4) is 16.8 Å². The fourth-order valence-corrected chi connectivity index (χ4v) is 2.49. The third-order valence-corrected chi connectivity index (χ3v) is 3.83. The Kier molecular flexibility index (Phi) is 4.29. The molecule has 0 unspecified atom stereocenters. The van der Waals surface area contributed by atoms with Gasteiger partial charge in [-0.1, -0.05) is 18.2 Å². The first-order valence-electron chi connectivity index (χ1n) is 8.10. The highest BCUT2D eigenvalue weighted by atomic mass is 16.3. The van der Waals surface area contributed by atoms with E-state index >= 15 is 0 Å². The maximum atomic E-state index is 12.2. The van der Waals surface area contributed by atoms with Gasteiger partial charge < -0.3 is 9.73 Å². The molecule has 3 aromatic heterocycles. The highest BCUT2D eigenvalue weighted by molar-refractivity contribution is 5.91. The molecule has 0 saturated carbocycles. The SMILES string of the molecule is O=C(NCCn1cc(-c2ccoc2)cn1)c1cnn(-c2ccccc2)n1. The fourth-order valence-electron chi connectivity index (χ4n) is 2.49. The fraction of sp³-hybridized carbons (Fsp3) is 0.111. The molecule has 0 aliphatic carbocycles. The second-order valence-corrected chi connectivity index (χ2v) is 5.61. The molecule has 8 heteroatoms. The average molecular weight is 348 g/mol. The van der Waals surface area contributed by atoms with E-state index in [0.29, 0.717) is 13.1 Å². The summed E-state index contributed by atoms with van der Waals surface area (Å²) in [6.07, 6.45) is 8.41. The Balaban J connectivity index is 1.33. The topological polar surface area (TPSA) is 90.8 Å². The first-order chi connectivity index (χ1) is 12.8. The maximum absolute atomic E-state index is 12.2. The van der Waals surface area contributed by atoms with Crippen LogP contribution in [-0.2, 0) is 6.54 Å². The Morgan fingerprint density at radius 2 is 1.96 bits per heavy atom. The average Bonchev–Trinajstić information content (AvgIpc) is 3.42. The van der Waals surface area contributed by atoms with Crippen molar-refractivity contribution < 1.29 is 9.21 Å². The van der Waals surface area contributed by atoms with Crippen molar-refractivity contribution in [2.45, 2.75) is 6.54 Å². The Morgan fingerprint density at radius 1 is 1.08 bits per heavy atom. The Hall–Kier alpha value is -3.68. The summed E-state index contributed by atoms with van der Waals surface area (Å²) < 4.78 is 6.83. The summed E-state index contributed by atoms with van der Waals surface area (Å²) in [6, 6.07) is 11.3. The lowest BCUT2D eigenvalue weighted by Gasteiger charge is -2.03. The third-order valence-electron chi connectivity index (χ3n) is 3.83. The van der Waals surface area contributed by atoms with Crippen LogP contribution in [0.1, 0.15) is 10.5 Å². The van der Waals surface area contributed by atoms with Crippen molar-refractivity contribution in [3.05, 3.63) is 73.2 Å². The molecule has 26 heavy (non-hydrogen) atoms. The molecule has 1 amide bonds. The lowest BCUT2D eigenvalue weighted by molar-refractivity contribution is 0.0946. The molecule has 0 radical (unpaired) electrons. The minimum Gasteiger partial charge on any atom is -0.472 e. The van der Waals surface area contributed by atoms with Crippen molar-refractivity contribution in [2.24, 2.45) is 0 Å². The van der Waals surface area contributed by atoms with E-state index in [4.69, 9.17) is 4.42 Å². The van der Waals surface area contributed by atoms with Crippen LogP contribution in [-0.4, -0.2) is 37.2 Å². The Bertz CT molecular complexity index is 988. The van der Waals surface area contributed by atoms with Crippen LogP contribution in [0.2, 0.25) is 0 Å². The molecule has 0 aliphatic heterocycles. The summed E-state index contributed by atoms with van der Waals surface area (Å²) in [5.74, 6) is -0.269. The molecular formula is C18H16N6O2. The maximum Gasteiger partial charge on any atom is 0.273 e. The second kappa shape index (κ2) is 7.06. The number of nitrogens with zero attached hydrogens (tertiary/aromatic N) is 5. The van der Waals surface area contributed by atoms with Crippen molar-refractivity contribution in [1.29, 1.82) is 0 Å². The van der Waals surface area contributed by atoms with Gasteiger partial charge >= 0.3 is 0 Å². The molecule has 0 aliphatic rings. The summed E-state index contributed by atoms with van der Waals surface area (Å²) in [7, 11) is 0. The monoisotopic (exact) mass is 348 g/mol. The number of carbonyl (C=O) groups excluding carboxylic acids is 1. The minimum atomic E-state index is -0.269. The molecule has 3 heterocycles. The van der Waals surface area contributed by atoms with E-state index in [-0.39, 0.29) is 11.6 Å². The first-order valence-corrected chi connectivity index (χ1v) is 8.10. The van der Waals surface area contributed by atoms with Gasteiger partial charge in [-0.15, -0.1) is 5.10 Å². The summed E-state index contributed by atoms with van der Waals surface area (Å²) in [5, 5.41) is 15.4. The van der Waals surface area contributed by atoms with Crippen LogP contribution in [0.25, 0.3) is 16.8 Å². The van der Waals surface area contributed by atoms with Crippen LogP contribution >= 0.6 is 0 Å². The number of furan rings is 1. The highest BCUT2D eigenvalue weighted by Crippen LogP contribution is 2.18. The van der Waals surface area contributed by atoms with Crippen molar-refractivity contribution in [2.75, 3.05) is 6.54 Å². The van der Waals surface area contributed by atoms with E-state index < -0.39 is 0 Å². The summed E-state index contributed by atoms with van der Waals surface area (Å²) in [5.41, 5.74) is 3.01. The van der Waals surface area contributed by atoms with Crippen LogP contribution in [0.4, 0.5) is 0 Å². The first kappa shape index (κ1) is 15.8. The molecule has 130 valence electrons. The van der Waals surface area contributed by atoms with Crippen molar-refractivity contribution in [1.82, 2.24) is 30.1 Å². The van der Waals surface area contributed by atoms with E-state index in [1.807, 2.05) is 42.6 Å². The van der Waals surface area contributed by atoms with Gasteiger partial charge in [-0.25, -0.2) is 0 Å². The van der Waals surface area contributed by atoms with Gasteiger partial charge in [0.1, 0.15) is 0 Å². The number of amides is 1. The normalized spacial score (nSPS) is 10.8. The van der Waals surface area contributed by atoms with Gasteiger partial charge in [0.2, 0.25) is 0 Å². The lowest BCUT2D eigenvalue weighted by Crippen LogP contribution is -2.27. The van der Waals surface area contributed by atoms with Gasteiger partial charge in [-0.05, 0) is 18.2 Å². The molecule has 0 fully saturated rings. The van der Waals surface area contributed by atoms with Crippen molar-refractivity contribution in [3.63, 3.8) is 0 Å². The number of para-hydroxylation sites is 1. The molecule has 0 spiro atoms. The highest BCUT2D eigenvalue weighted by Gasteiger charge is 2.11. The third kappa shape index (κ3) is 3.39. The summed E-state index contributed by atoms with van der Waals surface area (Å²) >= 11 is 0. The van der Waals surface area contributed by atoms with Gasteiger partial charge in [0.25, 0.3) is 5.91 Å². The molecule has 8 nitrogen and oxygen atoms in total. The summed E-state index contributed by atoms with van der Waals surface area (Å²) in [4.78, 5) is 13.6. The van der Waals surface area contributed by atoms with E-state index in [9.17, 15) is 4.79 Å². The number of benzene rings is 1. The number of nitrogens with one attached hydrogen (secondary N) is 1. The van der Waals surface area contributed by atoms with Crippen LogP contribution in [0.15, 0.2) is 71.9 Å². The predicted octanol–water partition coefficient (Wildman–Crippen LogP) is 2.15. The number of hydrogen-bond donors (Lipinski definition) is 1. The van der Waals surface area contributed by atoms with Gasteiger partial charge in [-0.2, -0.15) is 15.0 Å². The molecule has 4 aromatic rings. The molecule has 1 N–H and O–H groups in total. The minimum absolute atomic E-state index is 0.269. The van der Waals surface area contributed by atoms with E-state index in [1.54, 1.807) is 23.4 Å². The Labute approximate surface area is 149 Å². The van der Waals surface area contributed by atoms with Crippen molar-refractivity contribution >= 4 is 5.91 Å². The number of carbonyl (C=O) groups is 1. The van der Waals surface area contributed by atoms with E-state index in [2.05, 4.69) is 20.6 Å². The molecule has 0 saturated heterocycles. The number of rotatable bonds is 6. The standard InChI is InChI=1S/C18H16N6O2/c25-18(17-11-21-24(22-17)16-4-2-1-3-5-16)19-7-8-23-12-15(10-20-23)14-6-9-26-13-14/h1-6,9-13H,7-8H2,(H,19,25). The van der Waals surface area contributed by atoms with Crippen LogP contribution in [0.5, 0.6) is 0 Å². The van der Waals surface area contributed by atoms with E-state index in [0.717, 1.165) is 16.8 Å². The van der Waals surface area contributed by atoms with Crippen LogP contribution in [0.3, 0.4) is 0 Å². The second-order valence-electron chi connectivity index (χ2n) is 5.61. The number of hydrogen-bond acceptors (Lipinski definition) is 5. The molecule has 0 atom stereocenters. The van der Waals surface area contributed by atoms with Crippen LogP contribution < -0.4 is 5.32 Å². The van der Waals surface area contributed by atoms with Crippen LogP contribution in [0, 0.1) is 0 Å². The van der Waals surface area contributed by atoms with Gasteiger partial charge in [0.05, 0.1) is 37.2 Å². The smallest absolute Gasteiger partial charge is 0.273 e. The van der Waals surface area contributed by atoms with E-state index in [1.165, 1.54) is 11.0 Å². The predicted molar refractivity (Wildman–Crippen MR) is 93.6 cm³/mol. The summed E-state index contributed by atoms with van der Waals surface area (Å²) in [6.45, 7) is 0.986. The van der Waals surface area contributed by atoms with Gasteiger partial charge in [0, 0.05) is 23.9 Å².